The van der Waals surface area contributed by atoms with Crippen LogP contribution in [-0.4, -0.2) is 32.0 Å². The summed E-state index contributed by atoms with van der Waals surface area (Å²) in [5.41, 5.74) is 2.11. The molecule has 0 heterocycles. The molecule has 5 nitrogen and oxygen atoms in total. The van der Waals surface area contributed by atoms with Crippen molar-refractivity contribution in [2.75, 3.05) is 20.2 Å². The summed E-state index contributed by atoms with van der Waals surface area (Å²) < 4.78 is 5.13. The van der Waals surface area contributed by atoms with E-state index in [1.165, 1.54) is 0 Å². The molecule has 0 aliphatic rings. The van der Waals surface area contributed by atoms with Crippen molar-refractivity contribution in [2.45, 2.75) is 26.7 Å². The van der Waals surface area contributed by atoms with Gasteiger partial charge in [0.1, 0.15) is 5.75 Å². The molecule has 0 aromatic heterocycles. The monoisotopic (exact) mass is 368 g/mol. The van der Waals surface area contributed by atoms with Crippen LogP contribution in [0.4, 0.5) is 0 Å². The highest BCUT2D eigenvalue weighted by Gasteiger charge is 2.10. The van der Waals surface area contributed by atoms with E-state index in [0.717, 1.165) is 24.2 Å². The fraction of sp³-hybridized carbons (Fsp3) is 0.364. The number of methoxy groups -OCH3 is 1. The van der Waals surface area contributed by atoms with Gasteiger partial charge in [-0.15, -0.1) is 0 Å². The predicted octanol–water partition coefficient (Wildman–Crippen LogP) is 3.44. The molecule has 144 valence electrons. The smallest absolute Gasteiger partial charge is 0.251 e. The van der Waals surface area contributed by atoms with Crippen molar-refractivity contribution in [1.82, 2.24) is 10.6 Å². The summed E-state index contributed by atoms with van der Waals surface area (Å²) in [5.74, 6) is 1.02. The third-order valence-corrected chi connectivity index (χ3v) is 4.25. The van der Waals surface area contributed by atoms with Crippen LogP contribution in [0.3, 0.4) is 0 Å². The van der Waals surface area contributed by atoms with Crippen molar-refractivity contribution in [3.8, 4) is 5.75 Å². The van der Waals surface area contributed by atoms with E-state index in [2.05, 4.69) is 24.5 Å². The lowest BCUT2D eigenvalue weighted by Crippen LogP contribution is -2.27. The third kappa shape index (κ3) is 6.77. The standard InChI is InChI=1S/C22H28N2O3/c1-16(2)11-13-23-21(25)18-5-4-6-19(15-18)22(26)24-14-12-17-7-9-20(27-3)10-8-17/h4-10,15-16H,11-14H2,1-3H3,(H,23,25)(H,24,26). The first-order valence-corrected chi connectivity index (χ1v) is 9.29. The topological polar surface area (TPSA) is 67.4 Å². The van der Waals surface area contributed by atoms with Crippen LogP contribution in [0.5, 0.6) is 5.75 Å². The molecule has 0 aliphatic carbocycles. The molecule has 0 bridgehead atoms. The summed E-state index contributed by atoms with van der Waals surface area (Å²) in [4.78, 5) is 24.5. The van der Waals surface area contributed by atoms with E-state index < -0.39 is 0 Å². The lowest BCUT2D eigenvalue weighted by molar-refractivity contribution is 0.0951. The second kappa shape index (κ2) is 10.4. The Balaban J connectivity index is 1.85. The van der Waals surface area contributed by atoms with Gasteiger partial charge < -0.3 is 15.4 Å². The van der Waals surface area contributed by atoms with E-state index in [1.54, 1.807) is 31.4 Å². The van der Waals surface area contributed by atoms with Crippen molar-refractivity contribution < 1.29 is 14.3 Å². The van der Waals surface area contributed by atoms with E-state index in [9.17, 15) is 9.59 Å². The minimum Gasteiger partial charge on any atom is -0.497 e. The molecular weight excluding hydrogens is 340 g/mol. The SMILES string of the molecule is COc1ccc(CCNC(=O)c2cccc(C(=O)NCCC(C)C)c2)cc1. The summed E-state index contributed by atoms with van der Waals surface area (Å²) in [6.07, 6.45) is 1.66. The Morgan fingerprint density at radius 2 is 1.52 bits per heavy atom. The van der Waals surface area contributed by atoms with E-state index in [4.69, 9.17) is 4.74 Å². The zero-order chi connectivity index (χ0) is 19.6. The van der Waals surface area contributed by atoms with E-state index >= 15 is 0 Å². The maximum absolute atomic E-state index is 12.4. The molecule has 5 heteroatoms. The maximum atomic E-state index is 12.4. The average molecular weight is 368 g/mol. The van der Waals surface area contributed by atoms with E-state index in [1.807, 2.05) is 24.3 Å². The number of hydrogen-bond acceptors (Lipinski definition) is 3. The van der Waals surface area contributed by atoms with Crippen molar-refractivity contribution in [3.05, 3.63) is 65.2 Å². The molecule has 0 saturated carbocycles. The van der Waals surface area contributed by atoms with Gasteiger partial charge in [0.05, 0.1) is 7.11 Å². The van der Waals surface area contributed by atoms with Gasteiger partial charge in [-0.3, -0.25) is 9.59 Å². The summed E-state index contributed by atoms with van der Waals surface area (Å²) >= 11 is 0. The van der Waals surface area contributed by atoms with Gasteiger partial charge in [-0.05, 0) is 54.7 Å². The maximum Gasteiger partial charge on any atom is 0.251 e. The Labute approximate surface area is 161 Å². The van der Waals surface area contributed by atoms with Crippen LogP contribution in [-0.2, 0) is 6.42 Å². The fourth-order valence-corrected chi connectivity index (χ4v) is 2.59. The van der Waals surface area contributed by atoms with E-state index in [0.29, 0.717) is 30.1 Å². The van der Waals surface area contributed by atoms with Crippen LogP contribution >= 0.6 is 0 Å². The lowest BCUT2D eigenvalue weighted by Gasteiger charge is -2.09. The Morgan fingerprint density at radius 3 is 2.07 bits per heavy atom. The Kier molecular flexibility index (Phi) is 7.86. The van der Waals surface area contributed by atoms with Gasteiger partial charge in [-0.2, -0.15) is 0 Å². The molecule has 2 aromatic carbocycles. The van der Waals surface area contributed by atoms with Crippen LogP contribution in [0.1, 0.15) is 46.5 Å². The zero-order valence-corrected chi connectivity index (χ0v) is 16.2. The number of amides is 2. The first-order chi connectivity index (χ1) is 13.0. The van der Waals surface area contributed by atoms with E-state index in [-0.39, 0.29) is 11.8 Å². The number of benzene rings is 2. The second-order valence-electron chi connectivity index (χ2n) is 6.87. The average Bonchev–Trinajstić information content (AvgIpc) is 2.68. The minimum absolute atomic E-state index is 0.150. The molecule has 2 rings (SSSR count). The largest absolute Gasteiger partial charge is 0.497 e. The molecule has 0 spiro atoms. The molecule has 0 saturated heterocycles. The number of carbonyl (C=O) groups excluding carboxylic acids is 2. The molecule has 0 fully saturated rings. The molecular formula is C22H28N2O3. The molecule has 2 N–H and O–H groups in total. The van der Waals surface area contributed by atoms with Gasteiger partial charge >= 0.3 is 0 Å². The number of rotatable bonds is 9. The molecule has 2 amide bonds. The Bertz CT molecular complexity index is 754. The van der Waals surface area contributed by atoms with Crippen LogP contribution < -0.4 is 15.4 Å². The molecule has 0 unspecified atom stereocenters. The fourth-order valence-electron chi connectivity index (χ4n) is 2.59. The minimum atomic E-state index is -0.180. The van der Waals surface area contributed by atoms with Crippen LogP contribution in [0.25, 0.3) is 0 Å². The predicted molar refractivity (Wildman–Crippen MR) is 107 cm³/mol. The third-order valence-electron chi connectivity index (χ3n) is 4.25. The van der Waals surface area contributed by atoms with Gasteiger partial charge in [0.15, 0.2) is 0 Å². The van der Waals surface area contributed by atoms with Crippen LogP contribution in [0.2, 0.25) is 0 Å². The number of nitrogens with one attached hydrogen (secondary N) is 2. The van der Waals surface area contributed by atoms with Gasteiger partial charge in [-0.1, -0.05) is 32.0 Å². The quantitative estimate of drug-likeness (QED) is 0.712. The Morgan fingerprint density at radius 1 is 0.926 bits per heavy atom. The van der Waals surface area contributed by atoms with Crippen molar-refractivity contribution in [1.29, 1.82) is 0 Å². The zero-order valence-electron chi connectivity index (χ0n) is 16.2. The first-order valence-electron chi connectivity index (χ1n) is 9.29. The number of ether oxygens (including phenoxy) is 1. The summed E-state index contributed by atoms with van der Waals surface area (Å²) in [6.45, 7) is 5.39. The normalized spacial score (nSPS) is 10.5. The molecule has 27 heavy (non-hydrogen) atoms. The second-order valence-corrected chi connectivity index (χ2v) is 6.87. The summed E-state index contributed by atoms with van der Waals surface area (Å²) in [7, 11) is 1.63. The highest BCUT2D eigenvalue weighted by molar-refractivity contribution is 5.99. The molecule has 0 atom stereocenters. The molecule has 0 radical (unpaired) electrons. The highest BCUT2D eigenvalue weighted by atomic mass is 16.5. The van der Waals surface area contributed by atoms with Crippen molar-refractivity contribution in [2.24, 2.45) is 5.92 Å². The number of carbonyl (C=O) groups is 2. The summed E-state index contributed by atoms with van der Waals surface area (Å²) in [6, 6.07) is 14.6. The summed E-state index contributed by atoms with van der Waals surface area (Å²) in [5, 5.41) is 5.79. The van der Waals surface area contributed by atoms with Gasteiger partial charge in [0.25, 0.3) is 11.8 Å². The van der Waals surface area contributed by atoms with Crippen LogP contribution in [0, 0.1) is 5.92 Å². The van der Waals surface area contributed by atoms with Crippen molar-refractivity contribution >= 4 is 11.8 Å². The Hall–Kier alpha value is -2.82. The van der Waals surface area contributed by atoms with Crippen molar-refractivity contribution in [3.63, 3.8) is 0 Å². The highest BCUT2D eigenvalue weighted by Crippen LogP contribution is 2.11. The van der Waals surface area contributed by atoms with Gasteiger partial charge in [0, 0.05) is 24.2 Å². The van der Waals surface area contributed by atoms with Gasteiger partial charge in [-0.25, -0.2) is 0 Å². The molecule has 2 aromatic rings. The number of hydrogen-bond donors (Lipinski definition) is 2. The van der Waals surface area contributed by atoms with Crippen LogP contribution in [0.15, 0.2) is 48.5 Å². The van der Waals surface area contributed by atoms with Gasteiger partial charge in [0.2, 0.25) is 0 Å². The molecule has 0 aliphatic heterocycles. The first kappa shape index (κ1) is 20.5. The lowest BCUT2D eigenvalue weighted by atomic mass is 10.1.